The molecule has 0 aliphatic heterocycles. The molecule has 1 rings (SSSR count). The van der Waals surface area contributed by atoms with E-state index in [0.29, 0.717) is 6.54 Å². The van der Waals surface area contributed by atoms with Crippen LogP contribution in [-0.2, 0) is 0 Å². The van der Waals surface area contributed by atoms with Gasteiger partial charge in [-0.3, -0.25) is 0 Å². The van der Waals surface area contributed by atoms with E-state index < -0.39 is 5.60 Å². The molecule has 96 valence electrons. The van der Waals surface area contributed by atoms with E-state index in [1.807, 2.05) is 24.3 Å². The average Bonchev–Trinajstić information content (AvgIpc) is 2.26. The van der Waals surface area contributed by atoms with Gasteiger partial charge in [0.1, 0.15) is 5.75 Å². The van der Waals surface area contributed by atoms with Crippen LogP contribution in [-0.4, -0.2) is 23.4 Å². The maximum absolute atomic E-state index is 9.64. The molecule has 0 spiro atoms. The number of nitrogens with one attached hydrogen (secondary N) is 1. The van der Waals surface area contributed by atoms with E-state index in [1.54, 1.807) is 13.8 Å². The van der Waals surface area contributed by atoms with Gasteiger partial charge < -0.3 is 15.2 Å². The van der Waals surface area contributed by atoms with E-state index in [-0.39, 0.29) is 6.10 Å². The Morgan fingerprint density at radius 1 is 1.41 bits per heavy atom. The molecule has 2 N–H and O–H groups in total. The van der Waals surface area contributed by atoms with Crippen molar-refractivity contribution in [3.05, 3.63) is 24.3 Å². The molecule has 1 unspecified atom stereocenters. The van der Waals surface area contributed by atoms with Gasteiger partial charge in [0, 0.05) is 18.3 Å². The summed E-state index contributed by atoms with van der Waals surface area (Å²) in [4.78, 5) is 0. The Morgan fingerprint density at radius 3 is 2.71 bits per heavy atom. The highest BCUT2D eigenvalue weighted by Crippen LogP contribution is 2.19. The summed E-state index contributed by atoms with van der Waals surface area (Å²) in [6.45, 7) is 8.22. The van der Waals surface area contributed by atoms with Crippen LogP contribution in [0, 0.1) is 0 Å². The first-order valence-corrected chi connectivity index (χ1v) is 6.13. The molecule has 1 aromatic rings. The minimum Gasteiger partial charge on any atom is -0.491 e. The molecule has 3 heteroatoms. The normalized spacial score (nSPS) is 13.2. The molecule has 0 aliphatic rings. The molecule has 0 saturated heterocycles. The standard InChI is InChI=1S/C14H23NO2/c1-5-11(2)17-13-8-6-7-12(9-13)15-10-14(3,4)16/h6-9,11,15-16H,5,10H2,1-4H3. The highest BCUT2D eigenvalue weighted by Gasteiger charge is 2.11. The lowest BCUT2D eigenvalue weighted by Gasteiger charge is -2.19. The van der Waals surface area contributed by atoms with Crippen LogP contribution in [0.3, 0.4) is 0 Å². The Hall–Kier alpha value is -1.22. The highest BCUT2D eigenvalue weighted by atomic mass is 16.5. The summed E-state index contributed by atoms with van der Waals surface area (Å²) in [5.74, 6) is 0.861. The van der Waals surface area contributed by atoms with Crippen LogP contribution >= 0.6 is 0 Å². The molecular formula is C14H23NO2. The van der Waals surface area contributed by atoms with Crippen molar-refractivity contribution in [2.45, 2.75) is 45.8 Å². The first kappa shape index (κ1) is 13.8. The zero-order chi connectivity index (χ0) is 12.9. The van der Waals surface area contributed by atoms with Crippen LogP contribution in [0.2, 0.25) is 0 Å². The molecular weight excluding hydrogens is 214 g/mol. The largest absolute Gasteiger partial charge is 0.491 e. The third-order valence-corrected chi connectivity index (χ3v) is 2.47. The average molecular weight is 237 g/mol. The second-order valence-corrected chi connectivity index (χ2v) is 5.03. The summed E-state index contributed by atoms with van der Waals surface area (Å²) in [7, 11) is 0. The third kappa shape index (κ3) is 5.59. The summed E-state index contributed by atoms with van der Waals surface area (Å²) in [6, 6.07) is 7.82. The van der Waals surface area contributed by atoms with Crippen molar-refractivity contribution in [1.29, 1.82) is 0 Å². The summed E-state index contributed by atoms with van der Waals surface area (Å²) >= 11 is 0. The van der Waals surface area contributed by atoms with E-state index >= 15 is 0 Å². The summed E-state index contributed by atoms with van der Waals surface area (Å²) in [6.07, 6.45) is 1.21. The Morgan fingerprint density at radius 2 is 2.12 bits per heavy atom. The quantitative estimate of drug-likeness (QED) is 0.799. The molecule has 0 amide bonds. The van der Waals surface area contributed by atoms with E-state index in [9.17, 15) is 5.11 Å². The van der Waals surface area contributed by atoms with Crippen LogP contribution in [0.4, 0.5) is 5.69 Å². The number of hydrogen-bond donors (Lipinski definition) is 2. The van der Waals surface area contributed by atoms with Crippen molar-refractivity contribution in [3.8, 4) is 5.75 Å². The summed E-state index contributed by atoms with van der Waals surface area (Å²) in [5.41, 5.74) is 0.251. The number of aliphatic hydroxyl groups is 1. The topological polar surface area (TPSA) is 41.5 Å². The Bertz CT molecular complexity index is 344. The van der Waals surface area contributed by atoms with Gasteiger partial charge in [0.15, 0.2) is 0 Å². The smallest absolute Gasteiger partial charge is 0.121 e. The maximum atomic E-state index is 9.64. The maximum Gasteiger partial charge on any atom is 0.121 e. The van der Waals surface area contributed by atoms with Crippen LogP contribution in [0.1, 0.15) is 34.1 Å². The van der Waals surface area contributed by atoms with Crippen molar-refractivity contribution in [2.24, 2.45) is 0 Å². The van der Waals surface area contributed by atoms with Gasteiger partial charge >= 0.3 is 0 Å². The number of anilines is 1. The van der Waals surface area contributed by atoms with Crippen LogP contribution in [0.5, 0.6) is 5.75 Å². The van der Waals surface area contributed by atoms with Crippen molar-refractivity contribution < 1.29 is 9.84 Å². The fourth-order valence-corrected chi connectivity index (χ4v) is 1.31. The van der Waals surface area contributed by atoms with Gasteiger partial charge in [0.25, 0.3) is 0 Å². The van der Waals surface area contributed by atoms with Crippen LogP contribution in [0.25, 0.3) is 0 Å². The molecule has 17 heavy (non-hydrogen) atoms. The lowest BCUT2D eigenvalue weighted by Crippen LogP contribution is -2.29. The number of hydrogen-bond acceptors (Lipinski definition) is 3. The molecule has 0 aromatic heterocycles. The predicted molar refractivity (Wildman–Crippen MR) is 71.6 cm³/mol. The van der Waals surface area contributed by atoms with Crippen LogP contribution < -0.4 is 10.1 Å². The molecule has 0 saturated carbocycles. The lowest BCUT2D eigenvalue weighted by atomic mass is 10.1. The van der Waals surface area contributed by atoms with Crippen molar-refractivity contribution in [1.82, 2.24) is 0 Å². The first-order valence-electron chi connectivity index (χ1n) is 6.13. The summed E-state index contributed by atoms with van der Waals surface area (Å²) < 4.78 is 5.73. The minimum absolute atomic E-state index is 0.222. The molecule has 3 nitrogen and oxygen atoms in total. The Labute approximate surface area is 104 Å². The SMILES string of the molecule is CCC(C)Oc1cccc(NCC(C)(C)O)c1. The minimum atomic E-state index is -0.715. The zero-order valence-corrected chi connectivity index (χ0v) is 11.2. The van der Waals surface area contributed by atoms with Gasteiger partial charge in [-0.05, 0) is 39.3 Å². The fourth-order valence-electron chi connectivity index (χ4n) is 1.31. The Kier molecular flexibility index (Phi) is 4.82. The molecule has 1 aromatic carbocycles. The van der Waals surface area contributed by atoms with E-state index in [1.165, 1.54) is 0 Å². The van der Waals surface area contributed by atoms with Gasteiger partial charge in [0.2, 0.25) is 0 Å². The third-order valence-electron chi connectivity index (χ3n) is 2.47. The molecule has 0 radical (unpaired) electrons. The molecule has 0 bridgehead atoms. The second kappa shape index (κ2) is 5.92. The van der Waals surface area contributed by atoms with Gasteiger partial charge in [0.05, 0.1) is 11.7 Å². The van der Waals surface area contributed by atoms with E-state index in [0.717, 1.165) is 17.9 Å². The summed E-state index contributed by atoms with van der Waals surface area (Å²) in [5, 5.41) is 12.8. The highest BCUT2D eigenvalue weighted by molar-refractivity contribution is 5.48. The predicted octanol–water partition coefficient (Wildman–Crippen LogP) is 3.05. The lowest BCUT2D eigenvalue weighted by molar-refractivity contribution is 0.0945. The zero-order valence-electron chi connectivity index (χ0n) is 11.2. The molecule has 0 fully saturated rings. The monoisotopic (exact) mass is 237 g/mol. The molecule has 0 heterocycles. The van der Waals surface area contributed by atoms with Crippen LogP contribution in [0.15, 0.2) is 24.3 Å². The van der Waals surface area contributed by atoms with E-state index in [2.05, 4.69) is 19.2 Å². The molecule has 1 atom stereocenters. The first-order chi connectivity index (χ1) is 7.90. The van der Waals surface area contributed by atoms with Crippen molar-refractivity contribution in [2.75, 3.05) is 11.9 Å². The van der Waals surface area contributed by atoms with Gasteiger partial charge in [-0.2, -0.15) is 0 Å². The van der Waals surface area contributed by atoms with Crippen molar-refractivity contribution >= 4 is 5.69 Å². The Balaban J connectivity index is 2.60. The van der Waals surface area contributed by atoms with Crippen molar-refractivity contribution in [3.63, 3.8) is 0 Å². The number of benzene rings is 1. The fraction of sp³-hybridized carbons (Fsp3) is 0.571. The second-order valence-electron chi connectivity index (χ2n) is 5.03. The van der Waals surface area contributed by atoms with Gasteiger partial charge in [-0.1, -0.05) is 13.0 Å². The van der Waals surface area contributed by atoms with E-state index in [4.69, 9.17) is 4.74 Å². The molecule has 0 aliphatic carbocycles. The number of rotatable bonds is 6. The van der Waals surface area contributed by atoms with Gasteiger partial charge in [-0.25, -0.2) is 0 Å². The number of ether oxygens (including phenoxy) is 1. The van der Waals surface area contributed by atoms with Gasteiger partial charge in [-0.15, -0.1) is 0 Å².